The normalized spacial score (nSPS) is 12.2. The molecule has 0 spiro atoms. The number of nitrogens with one attached hydrogen (secondary N) is 3. The van der Waals surface area contributed by atoms with Gasteiger partial charge in [-0.25, -0.2) is 23.3 Å². The second kappa shape index (κ2) is 14.5. The largest absolute Gasteiger partial charge is 0.488 e. The lowest BCUT2D eigenvalue weighted by Crippen LogP contribution is -2.49. The van der Waals surface area contributed by atoms with Gasteiger partial charge in [0.1, 0.15) is 23.4 Å². The van der Waals surface area contributed by atoms with Crippen molar-refractivity contribution >= 4 is 33.4 Å². The van der Waals surface area contributed by atoms with Gasteiger partial charge >= 0.3 is 5.91 Å². The van der Waals surface area contributed by atoms with Crippen LogP contribution in [0.5, 0.6) is 17.2 Å². The van der Waals surface area contributed by atoms with Crippen molar-refractivity contribution in [1.29, 1.82) is 0 Å². The van der Waals surface area contributed by atoms with Crippen LogP contribution in [0.2, 0.25) is 5.02 Å². The highest BCUT2D eigenvalue weighted by Gasteiger charge is 2.19. The second-order valence-corrected chi connectivity index (χ2v) is 9.87. The van der Waals surface area contributed by atoms with Crippen LogP contribution in [0.1, 0.15) is 17.3 Å². The van der Waals surface area contributed by atoms with Crippen LogP contribution in [-0.2, 0) is 19.5 Å². The first-order valence-corrected chi connectivity index (χ1v) is 13.0. The fourth-order valence-electron chi connectivity index (χ4n) is 2.97. The minimum Gasteiger partial charge on any atom is -0.488 e. The van der Waals surface area contributed by atoms with E-state index in [0.717, 1.165) is 0 Å². The molecule has 0 aromatic heterocycles. The quantitative estimate of drug-likeness (QED) is 0.154. The molecule has 2 rings (SSSR count). The standard InChI is InChI=1S/C24H31ClN4O7S/c1-16(15-34-4)35-18-11-17(24(30)29-23(26)7-8-27-2)12-19(13-18)36-22-6-5-20(14-21(22)25)37(31,32)28-9-10-33-3/h5-8,11-14,16,27-28H,9-10,15H2,1-4H3,(H2,26,29,30)/p+1/b8-7-/t16-/m0/s1. The van der Waals surface area contributed by atoms with Crippen LogP contribution in [0.15, 0.2) is 53.6 Å². The number of amidine groups is 1. The molecule has 0 heterocycles. The van der Waals surface area contributed by atoms with Gasteiger partial charge in [0.25, 0.3) is 5.84 Å². The van der Waals surface area contributed by atoms with Crippen molar-refractivity contribution in [2.24, 2.45) is 0 Å². The van der Waals surface area contributed by atoms with Crippen molar-refractivity contribution in [2.75, 3.05) is 41.0 Å². The fraction of sp³-hybridized carbons (Fsp3) is 0.333. The molecule has 2 aromatic rings. The van der Waals surface area contributed by atoms with Gasteiger partial charge in [0.2, 0.25) is 10.0 Å². The minimum absolute atomic E-state index is 0.0351. The Morgan fingerprint density at radius 1 is 1.14 bits per heavy atom. The van der Waals surface area contributed by atoms with Gasteiger partial charge in [-0.2, -0.15) is 0 Å². The molecule has 0 aliphatic rings. The van der Waals surface area contributed by atoms with Gasteiger partial charge < -0.3 is 24.3 Å². The smallest absolute Gasteiger partial charge is 0.339 e. The lowest BCUT2D eigenvalue weighted by Gasteiger charge is -2.16. The van der Waals surface area contributed by atoms with Crippen LogP contribution in [0.25, 0.3) is 0 Å². The number of halogens is 1. The molecule has 0 radical (unpaired) electrons. The number of ether oxygens (including phenoxy) is 4. The Morgan fingerprint density at radius 3 is 2.51 bits per heavy atom. The van der Waals surface area contributed by atoms with Gasteiger partial charge in [0, 0.05) is 46.2 Å². The van der Waals surface area contributed by atoms with E-state index in [2.05, 4.69) is 15.4 Å². The number of methoxy groups -OCH3 is 2. The summed E-state index contributed by atoms with van der Waals surface area (Å²) in [5, 5.41) is 11.2. The molecule has 5 N–H and O–H groups in total. The lowest BCUT2D eigenvalue weighted by atomic mass is 10.1. The number of carbonyl (C=O) groups excluding carboxylic acids is 1. The molecule has 0 fully saturated rings. The average molecular weight is 556 g/mol. The number of hydrogen-bond acceptors (Lipinski definition) is 8. The van der Waals surface area contributed by atoms with E-state index in [1.54, 1.807) is 26.4 Å². The maximum absolute atomic E-state index is 12.8. The molecule has 202 valence electrons. The Balaban J connectivity index is 2.33. The van der Waals surface area contributed by atoms with Crippen molar-refractivity contribution in [2.45, 2.75) is 17.9 Å². The third-order valence-corrected chi connectivity index (χ3v) is 6.36. The van der Waals surface area contributed by atoms with Crippen molar-refractivity contribution in [3.05, 3.63) is 59.3 Å². The topological polar surface area (TPSA) is 150 Å². The van der Waals surface area contributed by atoms with Crippen LogP contribution in [-0.4, -0.2) is 67.3 Å². The number of carbonyl (C=O) groups is 1. The van der Waals surface area contributed by atoms with Crippen LogP contribution in [0, 0.1) is 0 Å². The molecule has 2 aromatic carbocycles. The number of sulfonamides is 1. The highest BCUT2D eigenvalue weighted by Crippen LogP contribution is 2.34. The summed E-state index contributed by atoms with van der Waals surface area (Å²) in [4.78, 5) is 12.8. The Kier molecular flexibility index (Phi) is 11.8. The zero-order valence-electron chi connectivity index (χ0n) is 21.0. The molecule has 0 aliphatic carbocycles. The molecule has 0 saturated heterocycles. The van der Waals surface area contributed by atoms with Crippen LogP contribution < -0.4 is 30.2 Å². The van der Waals surface area contributed by atoms with Crippen molar-refractivity contribution in [1.82, 2.24) is 15.4 Å². The van der Waals surface area contributed by atoms with Gasteiger partial charge in [0.15, 0.2) is 0 Å². The summed E-state index contributed by atoms with van der Waals surface area (Å²) in [6.45, 7) is 2.46. The third kappa shape index (κ3) is 9.67. The zero-order chi connectivity index (χ0) is 27.4. The molecule has 1 amide bonds. The van der Waals surface area contributed by atoms with Crippen LogP contribution in [0.3, 0.4) is 0 Å². The summed E-state index contributed by atoms with van der Waals surface area (Å²) in [7, 11) is 0.932. The van der Waals surface area contributed by atoms with Crippen molar-refractivity contribution in [3.63, 3.8) is 0 Å². The lowest BCUT2D eigenvalue weighted by molar-refractivity contribution is -0.115. The van der Waals surface area contributed by atoms with E-state index in [9.17, 15) is 13.2 Å². The molecular formula is C24H32ClN4O7S+. The molecule has 0 aliphatic heterocycles. The Bertz CT molecular complexity index is 1220. The van der Waals surface area contributed by atoms with E-state index in [-0.39, 0.29) is 52.1 Å². The van der Waals surface area contributed by atoms with Crippen molar-refractivity contribution < 1.29 is 37.6 Å². The molecule has 11 nitrogen and oxygen atoms in total. The monoisotopic (exact) mass is 555 g/mol. The summed E-state index contributed by atoms with van der Waals surface area (Å²) >= 11 is 6.33. The van der Waals surface area contributed by atoms with Gasteiger partial charge in [0.05, 0.1) is 28.7 Å². The SMILES string of the molecule is CN/C=C\C(=[NH2+])NC(=O)c1cc(Oc2ccc(S(=O)(=O)NCCOC)cc2Cl)cc(O[C@@H](C)COC)c1. The highest BCUT2D eigenvalue weighted by molar-refractivity contribution is 7.89. The first-order chi connectivity index (χ1) is 17.6. The minimum atomic E-state index is -3.79. The Morgan fingerprint density at radius 2 is 1.86 bits per heavy atom. The molecule has 0 unspecified atom stereocenters. The van der Waals surface area contributed by atoms with E-state index in [4.69, 9.17) is 36.0 Å². The molecule has 1 atom stereocenters. The number of hydrogen-bond donors (Lipinski definition) is 4. The fourth-order valence-corrected chi connectivity index (χ4v) is 4.29. The number of amides is 1. The van der Waals surface area contributed by atoms with E-state index < -0.39 is 15.9 Å². The molecule has 37 heavy (non-hydrogen) atoms. The first kappa shape index (κ1) is 30.1. The number of benzene rings is 2. The molecule has 0 saturated carbocycles. The Labute approximate surface area is 221 Å². The third-order valence-electron chi connectivity index (χ3n) is 4.61. The molecular weight excluding hydrogens is 524 g/mol. The predicted molar refractivity (Wildman–Crippen MR) is 140 cm³/mol. The summed E-state index contributed by atoms with van der Waals surface area (Å²) in [6, 6.07) is 8.63. The summed E-state index contributed by atoms with van der Waals surface area (Å²) in [5.41, 5.74) is 0.204. The average Bonchev–Trinajstić information content (AvgIpc) is 2.84. The summed E-state index contributed by atoms with van der Waals surface area (Å²) in [5.74, 6) is 0.373. The van der Waals surface area contributed by atoms with E-state index >= 15 is 0 Å². The van der Waals surface area contributed by atoms with Gasteiger partial charge in [-0.1, -0.05) is 11.6 Å². The van der Waals surface area contributed by atoms with E-state index in [0.29, 0.717) is 12.4 Å². The summed E-state index contributed by atoms with van der Waals surface area (Å²) < 4.78 is 49.0. The van der Waals surface area contributed by atoms with Gasteiger partial charge in [-0.15, -0.1) is 0 Å². The van der Waals surface area contributed by atoms with Crippen molar-refractivity contribution in [3.8, 4) is 17.2 Å². The maximum Gasteiger partial charge on any atom is 0.339 e. The highest BCUT2D eigenvalue weighted by atomic mass is 35.5. The van der Waals surface area contributed by atoms with E-state index in [1.165, 1.54) is 43.5 Å². The van der Waals surface area contributed by atoms with Gasteiger partial charge in [-0.3, -0.25) is 5.41 Å². The van der Waals surface area contributed by atoms with E-state index in [1.807, 2.05) is 6.92 Å². The Hall–Kier alpha value is -3.16. The van der Waals surface area contributed by atoms with Crippen LogP contribution in [0.4, 0.5) is 0 Å². The molecule has 13 heteroatoms. The number of rotatable bonds is 14. The maximum atomic E-state index is 12.8. The predicted octanol–water partition coefficient (Wildman–Crippen LogP) is 1.09. The summed E-state index contributed by atoms with van der Waals surface area (Å²) in [6.07, 6.45) is 2.75. The zero-order valence-corrected chi connectivity index (χ0v) is 22.6. The number of nitrogens with two attached hydrogens (primary N) is 1. The van der Waals surface area contributed by atoms with Gasteiger partial charge in [-0.05, 0) is 37.3 Å². The second-order valence-electron chi connectivity index (χ2n) is 7.69. The first-order valence-electron chi connectivity index (χ1n) is 11.1. The van der Waals surface area contributed by atoms with Crippen LogP contribution >= 0.6 is 11.6 Å². The molecule has 0 bridgehead atoms.